The van der Waals surface area contributed by atoms with E-state index in [-0.39, 0.29) is 83.1 Å². The normalized spacial score (nSPS) is 2.00. The zero-order valence-electron chi connectivity index (χ0n) is 3.57. The van der Waals surface area contributed by atoms with Gasteiger partial charge in [0.1, 0.15) is 0 Å². The summed E-state index contributed by atoms with van der Waals surface area (Å²) in [7, 11) is -0.500. The van der Waals surface area contributed by atoms with Crippen LogP contribution < -0.4 is 0 Å². The summed E-state index contributed by atoms with van der Waals surface area (Å²) in [4.78, 5) is 0. The molecule has 0 saturated carbocycles. The maximum Gasteiger partial charge on any atom is 0 e. The Labute approximate surface area is 101 Å². The third-order valence-corrected chi connectivity index (χ3v) is 0. The fourth-order valence-electron chi connectivity index (χ4n) is 0. The molecule has 0 spiro atoms. The third-order valence-electron chi connectivity index (χ3n) is 0. The van der Waals surface area contributed by atoms with Crippen LogP contribution in [-0.4, -0.2) is 73.6 Å². The summed E-state index contributed by atoms with van der Waals surface area (Å²) in [5, 5.41) is 13.8. The van der Waals surface area contributed by atoms with Gasteiger partial charge in [-0.3, -0.25) is 0 Å². The monoisotopic (exact) mass is 292 g/mol. The van der Waals surface area contributed by atoms with Crippen LogP contribution in [0, 0.1) is 0 Å². The summed E-state index contributed by atoms with van der Waals surface area (Å²) in [5.74, 6) is 0. The van der Waals surface area contributed by atoms with E-state index in [2.05, 4.69) is 0 Å². The standard InChI is InChI=1S/2BHO2.Ba.Zn.2H/c2*2-1-3;;;;/h2*2H;;;;. The van der Waals surface area contributed by atoms with Crippen molar-refractivity contribution in [2.45, 2.75) is 0 Å². The summed E-state index contributed by atoms with van der Waals surface area (Å²) in [6.07, 6.45) is 0. The van der Waals surface area contributed by atoms with Crippen molar-refractivity contribution in [2.24, 2.45) is 0 Å². The Balaban J connectivity index is -0.0000000160. The summed E-state index contributed by atoms with van der Waals surface area (Å²) < 4.78 is 16.7. The first-order chi connectivity index (χ1) is 2.83. The number of rotatable bonds is 0. The van der Waals surface area contributed by atoms with E-state index in [0.29, 0.717) is 0 Å². The third kappa shape index (κ3) is 138. The van der Waals surface area contributed by atoms with Crippen molar-refractivity contribution in [1.82, 2.24) is 0 Å². The Kier molecular flexibility index (Phi) is 110. The van der Waals surface area contributed by atoms with Gasteiger partial charge in [0, 0.05) is 19.5 Å². The van der Waals surface area contributed by atoms with Gasteiger partial charge in [-0.05, 0) is 0 Å². The number of hydrogen-bond donors (Lipinski definition) is 2. The Bertz CT molecular complexity index is 35.0. The van der Waals surface area contributed by atoms with Crippen molar-refractivity contribution in [3.8, 4) is 0 Å². The van der Waals surface area contributed by atoms with Gasteiger partial charge < -0.3 is 0 Å². The maximum absolute atomic E-state index is 8.36. The fraction of sp³-hybridized carbons (Fsp3) is 0. The molecule has 0 aromatic rings. The van der Waals surface area contributed by atoms with E-state index in [9.17, 15) is 0 Å². The molecular weight excluding hydrogens is 288 g/mol. The molecule has 4 nitrogen and oxygen atoms in total. The molecule has 2 N–H and O–H groups in total. The average molecular weight is 292 g/mol. The molecule has 0 saturated heterocycles. The summed E-state index contributed by atoms with van der Waals surface area (Å²) >= 11 is 0. The van der Waals surface area contributed by atoms with Crippen LogP contribution in [0.1, 0.15) is 0 Å². The molecule has 0 aliphatic heterocycles. The second-order valence-electron chi connectivity index (χ2n) is 0.211. The van der Waals surface area contributed by atoms with E-state index in [4.69, 9.17) is 19.5 Å². The molecule has 0 unspecified atom stereocenters. The minimum atomic E-state index is -0.250. The van der Waals surface area contributed by atoms with Gasteiger partial charge in [0.15, 0.2) is 0 Å². The van der Waals surface area contributed by atoms with Crippen molar-refractivity contribution in [3.05, 3.63) is 0 Å². The zero-order valence-corrected chi connectivity index (χ0v) is 6.54. The van der Waals surface area contributed by atoms with Gasteiger partial charge in [0.2, 0.25) is 0 Å². The average Bonchev–Trinajstić information content (AvgIpc) is 1.39. The van der Waals surface area contributed by atoms with E-state index in [1.54, 1.807) is 0 Å². The van der Waals surface area contributed by atoms with Gasteiger partial charge in [0.05, 0.1) is 0 Å². The Hall–Kier alpha value is 1.52. The second-order valence-corrected chi connectivity index (χ2v) is 0.211. The summed E-state index contributed by atoms with van der Waals surface area (Å²) in [5.41, 5.74) is 0. The largest absolute Gasteiger partial charge is 0 e. The Morgan fingerprint density at radius 2 is 1.00 bits per heavy atom. The summed E-state index contributed by atoms with van der Waals surface area (Å²) in [6, 6.07) is 0. The molecule has 0 aromatic carbocycles. The molecule has 38 valence electrons. The van der Waals surface area contributed by atoms with Crippen LogP contribution in [-0.2, 0) is 28.9 Å². The van der Waals surface area contributed by atoms with Crippen LogP contribution in [0.3, 0.4) is 0 Å². The predicted octanol–water partition coefficient (Wildman–Crippen LogP) is -3.03. The van der Waals surface area contributed by atoms with Crippen molar-refractivity contribution in [1.29, 1.82) is 0 Å². The predicted molar refractivity (Wildman–Crippen MR) is 25.9 cm³/mol. The Morgan fingerprint density at radius 1 is 1.00 bits per heavy atom. The summed E-state index contributed by atoms with van der Waals surface area (Å²) in [6.45, 7) is 0. The molecule has 0 aromatic heterocycles. The molecule has 8 heavy (non-hydrogen) atoms. The van der Waals surface area contributed by atoms with E-state index >= 15 is 0 Å². The molecule has 0 bridgehead atoms. The SMILES string of the molecule is O=BO.O=BO.[BaH2].[Zn]. The van der Waals surface area contributed by atoms with Gasteiger partial charge in [-0.1, -0.05) is 0 Å². The zero-order chi connectivity index (χ0) is 5.41. The second kappa shape index (κ2) is 38.9. The van der Waals surface area contributed by atoms with E-state index in [1.165, 1.54) is 0 Å². The smallest absolute Gasteiger partial charge is 0 e. The number of hydrogen-bond acceptors (Lipinski definition) is 2. The molecule has 0 aliphatic carbocycles. The molecule has 0 fully saturated rings. The molecular formula is H4B2BaO4Zn. The van der Waals surface area contributed by atoms with Gasteiger partial charge in [-0.2, -0.15) is 0 Å². The maximum atomic E-state index is 8.36. The van der Waals surface area contributed by atoms with E-state index in [1.807, 2.05) is 0 Å². The van der Waals surface area contributed by atoms with Crippen molar-refractivity contribution < 1.29 is 38.9 Å². The van der Waals surface area contributed by atoms with Crippen LogP contribution in [0.2, 0.25) is 0 Å². The quantitative estimate of drug-likeness (QED) is 0.466. The molecule has 0 amide bonds. The van der Waals surface area contributed by atoms with Gasteiger partial charge in [-0.25, -0.2) is 0 Å². The van der Waals surface area contributed by atoms with Gasteiger partial charge >= 0.3 is 83.0 Å². The van der Waals surface area contributed by atoms with Gasteiger partial charge in [-0.15, -0.1) is 0 Å². The van der Waals surface area contributed by atoms with Gasteiger partial charge in [0.25, 0.3) is 0 Å². The first-order valence-electron chi connectivity index (χ1n) is 0.988. The van der Waals surface area contributed by atoms with Crippen LogP contribution in [0.25, 0.3) is 0 Å². The van der Waals surface area contributed by atoms with Crippen LogP contribution in [0.15, 0.2) is 0 Å². The van der Waals surface area contributed by atoms with Crippen LogP contribution >= 0.6 is 0 Å². The van der Waals surface area contributed by atoms with Crippen LogP contribution in [0.5, 0.6) is 0 Å². The minimum Gasteiger partial charge on any atom is 0 e. The molecule has 8 heteroatoms. The molecule has 0 atom stereocenters. The first kappa shape index (κ1) is 22.7. The molecule has 0 radical (unpaired) electrons. The van der Waals surface area contributed by atoms with Crippen LogP contribution in [0.4, 0.5) is 0 Å². The van der Waals surface area contributed by atoms with Crippen molar-refractivity contribution in [2.75, 3.05) is 0 Å². The van der Waals surface area contributed by atoms with Crippen molar-refractivity contribution in [3.63, 3.8) is 0 Å². The van der Waals surface area contributed by atoms with E-state index in [0.717, 1.165) is 0 Å². The molecule has 0 heterocycles. The van der Waals surface area contributed by atoms with Crippen molar-refractivity contribution >= 4 is 63.6 Å². The molecule has 0 rings (SSSR count). The molecule has 0 aliphatic rings. The Morgan fingerprint density at radius 3 is 1.00 bits per heavy atom. The fourth-order valence-corrected chi connectivity index (χ4v) is 0. The first-order valence-corrected chi connectivity index (χ1v) is 0.988. The minimum absolute atomic E-state index is 0. The van der Waals surface area contributed by atoms with E-state index < -0.39 is 0 Å². The topological polar surface area (TPSA) is 74.6 Å².